The van der Waals surface area contributed by atoms with Crippen molar-refractivity contribution in [3.05, 3.63) is 90.5 Å². The third-order valence-corrected chi connectivity index (χ3v) is 4.05. The highest BCUT2D eigenvalue weighted by atomic mass is 16.5. The minimum Gasteiger partial charge on any atom is -0.497 e. The highest BCUT2D eigenvalue weighted by Gasteiger charge is 2.12. The number of ether oxygens (including phenoxy) is 1. The second-order valence-corrected chi connectivity index (χ2v) is 5.89. The first-order valence-corrected chi connectivity index (χ1v) is 8.32. The van der Waals surface area contributed by atoms with Crippen LogP contribution in [0.4, 0.5) is 5.82 Å². The molecule has 6 nitrogen and oxygen atoms in total. The highest BCUT2D eigenvalue weighted by Crippen LogP contribution is 2.18. The predicted octanol–water partition coefficient (Wildman–Crippen LogP) is 4.02. The van der Waals surface area contributed by atoms with Crippen LogP contribution in [-0.2, 0) is 4.74 Å². The summed E-state index contributed by atoms with van der Waals surface area (Å²) in [6.07, 6.45) is 5.09. The second-order valence-electron chi connectivity index (χ2n) is 5.89. The van der Waals surface area contributed by atoms with Crippen LogP contribution in [0.25, 0.3) is 11.2 Å². The summed E-state index contributed by atoms with van der Waals surface area (Å²) in [4.78, 5) is 16.9. The number of rotatable bonds is 6. The van der Waals surface area contributed by atoms with Gasteiger partial charge in [0.15, 0.2) is 11.5 Å². The fourth-order valence-electron chi connectivity index (χ4n) is 2.58. The van der Waals surface area contributed by atoms with Gasteiger partial charge in [-0.1, -0.05) is 37.4 Å². The fraction of sp³-hybridized carbons (Fsp3) is 0.0952. The summed E-state index contributed by atoms with van der Waals surface area (Å²) in [5.74, 6) is 0.724. The van der Waals surface area contributed by atoms with Gasteiger partial charge < -0.3 is 10.1 Å². The Labute approximate surface area is 157 Å². The Morgan fingerprint density at radius 2 is 2.04 bits per heavy atom. The van der Waals surface area contributed by atoms with Gasteiger partial charge in [-0.05, 0) is 36.8 Å². The molecule has 2 aromatic heterocycles. The lowest BCUT2D eigenvalue weighted by molar-refractivity contribution is 0.102. The molecule has 0 radical (unpaired) electrons. The van der Waals surface area contributed by atoms with Gasteiger partial charge in [0.05, 0.1) is 19.0 Å². The minimum atomic E-state index is -0.209. The van der Waals surface area contributed by atoms with Gasteiger partial charge in [-0.2, -0.15) is 5.10 Å². The van der Waals surface area contributed by atoms with E-state index in [4.69, 9.17) is 4.74 Å². The number of hydrogen-bond donors (Lipinski definition) is 1. The van der Waals surface area contributed by atoms with Crippen molar-refractivity contribution in [1.29, 1.82) is 0 Å². The summed E-state index contributed by atoms with van der Waals surface area (Å²) in [5, 5.41) is 7.33. The van der Waals surface area contributed by atoms with Crippen LogP contribution in [0.5, 0.6) is 0 Å². The summed E-state index contributed by atoms with van der Waals surface area (Å²) >= 11 is 0. The van der Waals surface area contributed by atoms with E-state index in [0.717, 1.165) is 11.1 Å². The van der Waals surface area contributed by atoms with Crippen LogP contribution in [-0.4, -0.2) is 27.6 Å². The fourth-order valence-corrected chi connectivity index (χ4v) is 2.58. The SMILES string of the molecule is C=C/C(=C\C(=C)OC)c1ccc2nc(NC(=O)c3ccccc3C)cn2n1. The van der Waals surface area contributed by atoms with Gasteiger partial charge in [0.1, 0.15) is 5.76 Å². The molecule has 0 aliphatic rings. The molecule has 3 aromatic rings. The lowest BCUT2D eigenvalue weighted by Crippen LogP contribution is -2.13. The van der Waals surface area contributed by atoms with Crippen molar-refractivity contribution >= 4 is 22.9 Å². The van der Waals surface area contributed by atoms with Crippen LogP contribution in [0.15, 0.2) is 73.7 Å². The molecule has 0 saturated carbocycles. The zero-order chi connectivity index (χ0) is 19.4. The van der Waals surface area contributed by atoms with Crippen LogP contribution in [0.3, 0.4) is 0 Å². The van der Waals surface area contributed by atoms with Crippen molar-refractivity contribution in [3.63, 3.8) is 0 Å². The van der Waals surface area contributed by atoms with Gasteiger partial charge in [-0.25, -0.2) is 9.50 Å². The number of hydrogen-bond acceptors (Lipinski definition) is 4. The van der Waals surface area contributed by atoms with Crippen molar-refractivity contribution in [2.45, 2.75) is 6.92 Å². The molecule has 3 rings (SSSR count). The van der Waals surface area contributed by atoms with Gasteiger partial charge in [0, 0.05) is 11.1 Å². The molecule has 1 aromatic carbocycles. The van der Waals surface area contributed by atoms with Crippen LogP contribution < -0.4 is 5.32 Å². The summed E-state index contributed by atoms with van der Waals surface area (Å²) in [6.45, 7) is 9.48. The number of aromatic nitrogens is 3. The van der Waals surface area contributed by atoms with Crippen LogP contribution in [0, 0.1) is 6.92 Å². The second kappa shape index (κ2) is 7.70. The van der Waals surface area contributed by atoms with Crippen LogP contribution in [0.2, 0.25) is 0 Å². The third-order valence-electron chi connectivity index (χ3n) is 4.05. The Kier molecular flexibility index (Phi) is 5.17. The quantitative estimate of drug-likeness (QED) is 0.532. The van der Waals surface area contributed by atoms with Crippen molar-refractivity contribution < 1.29 is 9.53 Å². The molecular formula is C21H20N4O2. The van der Waals surface area contributed by atoms with Crippen molar-refractivity contribution in [3.8, 4) is 0 Å². The van der Waals surface area contributed by atoms with E-state index in [1.165, 1.54) is 0 Å². The Balaban J connectivity index is 1.89. The van der Waals surface area contributed by atoms with Crippen molar-refractivity contribution in [2.24, 2.45) is 0 Å². The number of benzene rings is 1. The molecule has 0 unspecified atom stereocenters. The van der Waals surface area contributed by atoms with Gasteiger partial charge in [-0.15, -0.1) is 0 Å². The molecule has 0 bridgehead atoms. The molecule has 27 heavy (non-hydrogen) atoms. The van der Waals surface area contributed by atoms with E-state index in [9.17, 15) is 4.79 Å². The molecule has 0 spiro atoms. The largest absolute Gasteiger partial charge is 0.497 e. The maximum atomic E-state index is 12.5. The van der Waals surface area contributed by atoms with E-state index in [0.29, 0.717) is 28.5 Å². The number of methoxy groups -OCH3 is 1. The standard InChI is InChI=1S/C21H20N4O2/c1-5-16(12-15(3)27-4)18-10-11-20-22-19(13-25(20)24-18)23-21(26)17-9-7-6-8-14(17)2/h5-13H,1,3H2,2,4H3,(H,23,26)/b16-12+. The number of amides is 1. The Hall–Kier alpha value is -3.67. The molecule has 2 heterocycles. The monoisotopic (exact) mass is 360 g/mol. The summed E-state index contributed by atoms with van der Waals surface area (Å²) in [7, 11) is 1.55. The topological polar surface area (TPSA) is 68.5 Å². The number of allylic oxidation sites excluding steroid dienone is 3. The number of imidazole rings is 1. The smallest absolute Gasteiger partial charge is 0.257 e. The highest BCUT2D eigenvalue weighted by molar-refractivity contribution is 6.04. The summed E-state index contributed by atoms with van der Waals surface area (Å²) < 4.78 is 6.68. The maximum absolute atomic E-state index is 12.5. The third kappa shape index (κ3) is 3.95. The number of nitrogens with zero attached hydrogens (tertiary/aromatic N) is 3. The summed E-state index contributed by atoms with van der Waals surface area (Å²) in [5.41, 5.74) is 3.58. The van der Waals surface area contributed by atoms with E-state index in [-0.39, 0.29) is 5.91 Å². The molecule has 0 saturated heterocycles. The number of carbonyl (C=O) groups is 1. The van der Waals surface area contributed by atoms with E-state index in [1.807, 2.05) is 37.3 Å². The number of aryl methyl sites for hydroxylation is 1. The van der Waals surface area contributed by atoms with Gasteiger partial charge in [0.2, 0.25) is 0 Å². The first-order valence-electron chi connectivity index (χ1n) is 8.32. The maximum Gasteiger partial charge on any atom is 0.257 e. The lowest BCUT2D eigenvalue weighted by Gasteiger charge is -2.04. The van der Waals surface area contributed by atoms with E-state index < -0.39 is 0 Å². The molecule has 0 fully saturated rings. The molecular weight excluding hydrogens is 340 g/mol. The molecule has 1 amide bonds. The van der Waals surface area contributed by atoms with Crippen molar-refractivity contribution in [2.75, 3.05) is 12.4 Å². The predicted molar refractivity (Wildman–Crippen MR) is 106 cm³/mol. The first kappa shape index (κ1) is 18.1. The Morgan fingerprint density at radius 3 is 2.74 bits per heavy atom. The average Bonchev–Trinajstić information content (AvgIpc) is 3.07. The molecule has 1 N–H and O–H groups in total. The van der Waals surface area contributed by atoms with E-state index in [1.54, 1.807) is 36.0 Å². The lowest BCUT2D eigenvalue weighted by atomic mass is 10.1. The van der Waals surface area contributed by atoms with Crippen LogP contribution in [0.1, 0.15) is 21.6 Å². The molecule has 6 heteroatoms. The zero-order valence-electron chi connectivity index (χ0n) is 15.3. The normalized spacial score (nSPS) is 11.3. The molecule has 0 aliphatic heterocycles. The minimum absolute atomic E-state index is 0.209. The van der Waals surface area contributed by atoms with Gasteiger partial charge >= 0.3 is 0 Å². The molecule has 0 aliphatic carbocycles. The Bertz CT molecular complexity index is 1060. The van der Waals surface area contributed by atoms with E-state index in [2.05, 4.69) is 28.6 Å². The number of nitrogens with one attached hydrogen (secondary N) is 1. The van der Waals surface area contributed by atoms with Crippen molar-refractivity contribution in [1.82, 2.24) is 14.6 Å². The first-order chi connectivity index (χ1) is 13.0. The number of anilines is 1. The van der Waals surface area contributed by atoms with Crippen LogP contribution >= 0.6 is 0 Å². The van der Waals surface area contributed by atoms with Gasteiger partial charge in [0.25, 0.3) is 5.91 Å². The number of fused-ring (bicyclic) bond motifs is 1. The summed E-state index contributed by atoms with van der Waals surface area (Å²) in [6, 6.07) is 11.0. The van der Waals surface area contributed by atoms with E-state index >= 15 is 0 Å². The molecule has 0 atom stereocenters. The average molecular weight is 360 g/mol. The zero-order valence-corrected chi connectivity index (χ0v) is 15.3. The Morgan fingerprint density at radius 1 is 1.26 bits per heavy atom. The van der Waals surface area contributed by atoms with Gasteiger partial charge in [-0.3, -0.25) is 4.79 Å². The number of carbonyl (C=O) groups excluding carboxylic acids is 1. The molecule has 136 valence electrons.